The molecule has 0 saturated carbocycles. The fraction of sp³-hybridized carbons (Fsp3) is 0.500. The summed E-state index contributed by atoms with van der Waals surface area (Å²) < 4.78 is 10.4. The summed E-state index contributed by atoms with van der Waals surface area (Å²) in [6.07, 6.45) is 3.31. The molecule has 1 aromatic carbocycles. The zero-order valence-electron chi connectivity index (χ0n) is 11.7. The van der Waals surface area contributed by atoms with E-state index in [0.717, 1.165) is 29.7 Å². The number of ether oxygens (including phenoxy) is 2. The SMILES string of the molecule is C1CCOC1.COC(=O)c1cc(Br)cc(CCN)c1.[B]. The number of carbonyl (C=O) groups excluding carboxylic acids is 1. The van der Waals surface area contributed by atoms with Crippen LogP contribution in [0.1, 0.15) is 28.8 Å². The minimum Gasteiger partial charge on any atom is -0.465 e. The Morgan fingerprint density at radius 1 is 1.35 bits per heavy atom. The highest BCUT2D eigenvalue weighted by Crippen LogP contribution is 2.16. The van der Waals surface area contributed by atoms with E-state index in [9.17, 15) is 4.79 Å². The topological polar surface area (TPSA) is 61.5 Å². The van der Waals surface area contributed by atoms with E-state index in [4.69, 9.17) is 10.5 Å². The Hall–Kier alpha value is -0.845. The van der Waals surface area contributed by atoms with Gasteiger partial charge in [-0.3, -0.25) is 0 Å². The molecule has 1 aliphatic heterocycles. The van der Waals surface area contributed by atoms with Gasteiger partial charge in [0.2, 0.25) is 0 Å². The van der Waals surface area contributed by atoms with Crippen LogP contribution in [0.4, 0.5) is 0 Å². The van der Waals surface area contributed by atoms with Gasteiger partial charge in [0.1, 0.15) is 0 Å². The number of esters is 1. The number of benzene rings is 1. The van der Waals surface area contributed by atoms with Crippen LogP contribution in [-0.2, 0) is 15.9 Å². The molecular formula is C14H20BBrNO3. The number of nitrogens with two attached hydrogens (primary N) is 1. The first-order chi connectivity index (χ1) is 9.17. The van der Waals surface area contributed by atoms with Crippen molar-refractivity contribution in [2.75, 3.05) is 26.9 Å². The van der Waals surface area contributed by atoms with Gasteiger partial charge < -0.3 is 15.2 Å². The Balaban J connectivity index is 0.000000507. The number of halogens is 1. The molecule has 0 unspecified atom stereocenters. The minimum absolute atomic E-state index is 0. The second-order valence-electron chi connectivity index (χ2n) is 4.20. The molecule has 0 spiro atoms. The highest BCUT2D eigenvalue weighted by Gasteiger charge is 2.07. The van der Waals surface area contributed by atoms with Crippen LogP contribution in [0.15, 0.2) is 22.7 Å². The third-order valence-corrected chi connectivity index (χ3v) is 3.10. The first-order valence-corrected chi connectivity index (χ1v) is 7.12. The van der Waals surface area contributed by atoms with Crippen LogP contribution >= 0.6 is 15.9 Å². The van der Waals surface area contributed by atoms with E-state index in [1.165, 1.54) is 20.0 Å². The lowest BCUT2D eigenvalue weighted by molar-refractivity contribution is 0.0600. The number of rotatable bonds is 3. The first-order valence-electron chi connectivity index (χ1n) is 6.33. The maximum absolute atomic E-state index is 11.2. The molecule has 4 nitrogen and oxygen atoms in total. The molecule has 109 valence electrons. The molecule has 1 aliphatic rings. The van der Waals surface area contributed by atoms with E-state index < -0.39 is 0 Å². The second-order valence-corrected chi connectivity index (χ2v) is 5.11. The van der Waals surface area contributed by atoms with Crippen molar-refractivity contribution in [2.45, 2.75) is 19.3 Å². The van der Waals surface area contributed by atoms with Crippen molar-refractivity contribution in [2.24, 2.45) is 5.73 Å². The molecule has 0 aliphatic carbocycles. The average Bonchev–Trinajstić information content (AvgIpc) is 2.96. The molecule has 20 heavy (non-hydrogen) atoms. The highest BCUT2D eigenvalue weighted by atomic mass is 79.9. The molecular weight excluding hydrogens is 321 g/mol. The van der Waals surface area contributed by atoms with Gasteiger partial charge in [-0.15, -0.1) is 0 Å². The highest BCUT2D eigenvalue weighted by molar-refractivity contribution is 9.10. The summed E-state index contributed by atoms with van der Waals surface area (Å²) in [6.45, 7) is 2.57. The lowest BCUT2D eigenvalue weighted by Crippen LogP contribution is -2.06. The zero-order chi connectivity index (χ0) is 14.1. The third kappa shape index (κ3) is 7.08. The molecule has 6 heteroatoms. The molecule has 1 saturated heterocycles. The van der Waals surface area contributed by atoms with Gasteiger partial charge in [0, 0.05) is 26.1 Å². The van der Waals surface area contributed by atoms with E-state index in [0.29, 0.717) is 12.1 Å². The van der Waals surface area contributed by atoms with Gasteiger partial charge in [0.25, 0.3) is 0 Å². The summed E-state index contributed by atoms with van der Waals surface area (Å²) in [7, 11) is 1.37. The van der Waals surface area contributed by atoms with Crippen LogP contribution in [-0.4, -0.2) is 41.3 Å². The van der Waals surface area contributed by atoms with Gasteiger partial charge in [0.05, 0.1) is 12.7 Å². The predicted molar refractivity (Wildman–Crippen MR) is 84.0 cm³/mol. The van der Waals surface area contributed by atoms with E-state index in [1.807, 2.05) is 6.07 Å². The Morgan fingerprint density at radius 3 is 2.45 bits per heavy atom. The summed E-state index contributed by atoms with van der Waals surface area (Å²) in [5.74, 6) is -0.329. The molecule has 2 rings (SSSR count). The van der Waals surface area contributed by atoms with E-state index in [-0.39, 0.29) is 14.4 Å². The van der Waals surface area contributed by atoms with E-state index in [2.05, 4.69) is 20.7 Å². The minimum atomic E-state index is -0.329. The summed E-state index contributed by atoms with van der Waals surface area (Å²) in [4.78, 5) is 11.2. The van der Waals surface area contributed by atoms with Crippen LogP contribution in [0.2, 0.25) is 0 Å². The van der Waals surface area contributed by atoms with Gasteiger partial charge in [-0.05, 0) is 49.6 Å². The number of methoxy groups -OCH3 is 1. The Morgan fingerprint density at radius 2 is 2.00 bits per heavy atom. The van der Waals surface area contributed by atoms with Gasteiger partial charge in [-0.25, -0.2) is 4.79 Å². The van der Waals surface area contributed by atoms with Gasteiger partial charge in [-0.1, -0.05) is 15.9 Å². The van der Waals surface area contributed by atoms with Crippen molar-refractivity contribution >= 4 is 30.3 Å². The van der Waals surface area contributed by atoms with Crippen LogP contribution in [0.5, 0.6) is 0 Å². The molecule has 2 N–H and O–H groups in total. The fourth-order valence-corrected chi connectivity index (χ4v) is 2.25. The van der Waals surface area contributed by atoms with Crippen LogP contribution in [0.3, 0.4) is 0 Å². The van der Waals surface area contributed by atoms with Crippen molar-refractivity contribution in [1.29, 1.82) is 0 Å². The predicted octanol–water partition coefficient (Wildman–Crippen LogP) is 2.15. The summed E-state index contributed by atoms with van der Waals surface area (Å²) in [5.41, 5.74) is 7.01. The standard InChI is InChI=1S/C10H12BrNO2.C4H8O.B/c1-14-10(13)8-4-7(2-3-12)5-9(11)6-8;1-2-4-5-3-1;/h4-6H,2-3,12H2,1H3;1-4H2;. The Labute approximate surface area is 130 Å². The van der Waals surface area contributed by atoms with Gasteiger partial charge in [-0.2, -0.15) is 0 Å². The maximum Gasteiger partial charge on any atom is 0.337 e. The van der Waals surface area contributed by atoms with Crippen LogP contribution in [0.25, 0.3) is 0 Å². The first kappa shape index (κ1) is 19.2. The lowest BCUT2D eigenvalue weighted by atomic mass is 10.1. The normalized spacial score (nSPS) is 12.9. The Kier molecular flexibility index (Phi) is 10.4. The van der Waals surface area contributed by atoms with E-state index in [1.54, 1.807) is 12.1 Å². The summed E-state index contributed by atoms with van der Waals surface area (Å²) in [6, 6.07) is 5.47. The molecule has 1 heterocycles. The fourth-order valence-electron chi connectivity index (χ4n) is 1.71. The number of carbonyl (C=O) groups is 1. The molecule has 1 fully saturated rings. The quantitative estimate of drug-likeness (QED) is 0.676. The third-order valence-electron chi connectivity index (χ3n) is 2.64. The number of hydrogen-bond donors (Lipinski definition) is 1. The van der Waals surface area contributed by atoms with Gasteiger partial charge >= 0.3 is 5.97 Å². The summed E-state index contributed by atoms with van der Waals surface area (Å²) in [5, 5.41) is 0. The second kappa shape index (κ2) is 10.9. The molecule has 0 bridgehead atoms. The Bertz CT molecular complexity index is 404. The largest absolute Gasteiger partial charge is 0.465 e. The van der Waals surface area contributed by atoms with E-state index >= 15 is 0 Å². The summed E-state index contributed by atoms with van der Waals surface area (Å²) >= 11 is 3.33. The van der Waals surface area contributed by atoms with Crippen molar-refractivity contribution in [3.63, 3.8) is 0 Å². The van der Waals surface area contributed by atoms with Gasteiger partial charge in [0.15, 0.2) is 0 Å². The van der Waals surface area contributed by atoms with Crippen molar-refractivity contribution in [3.05, 3.63) is 33.8 Å². The van der Waals surface area contributed by atoms with Crippen molar-refractivity contribution < 1.29 is 14.3 Å². The smallest absolute Gasteiger partial charge is 0.337 e. The molecule has 1 aromatic rings. The molecule has 0 amide bonds. The maximum atomic E-state index is 11.2. The molecule has 0 atom stereocenters. The van der Waals surface area contributed by atoms with Crippen LogP contribution in [0, 0.1) is 0 Å². The molecule has 3 radical (unpaired) electrons. The van der Waals surface area contributed by atoms with Crippen molar-refractivity contribution in [1.82, 2.24) is 0 Å². The number of hydrogen-bond acceptors (Lipinski definition) is 4. The van der Waals surface area contributed by atoms with Crippen molar-refractivity contribution in [3.8, 4) is 0 Å². The molecule has 0 aromatic heterocycles. The monoisotopic (exact) mass is 340 g/mol. The van der Waals surface area contributed by atoms with Crippen LogP contribution < -0.4 is 5.73 Å². The zero-order valence-corrected chi connectivity index (χ0v) is 13.3. The average molecular weight is 341 g/mol. The lowest BCUT2D eigenvalue weighted by Gasteiger charge is -2.04.